The minimum atomic E-state index is 0. The predicted octanol–water partition coefficient (Wildman–Crippen LogP) is -1.23. The molecular weight excluding hydrogens is 112 g/mol. The molecule has 0 spiro atoms. The first-order valence-corrected chi connectivity index (χ1v) is 0. The van der Waals surface area contributed by atoms with Gasteiger partial charge >= 0.3 is 60.8 Å². The van der Waals surface area contributed by atoms with Crippen LogP contribution in [0, 0.1) is 0 Å². The Balaban J connectivity index is 0. The molecule has 2 N–H and O–H groups in total. The molecule has 0 aromatic carbocycles. The Hall–Kier alpha value is 1.91. The third-order valence-corrected chi connectivity index (χ3v) is 0. The van der Waals surface area contributed by atoms with Gasteiger partial charge in [-0.1, -0.05) is 0 Å². The molecule has 0 aromatic rings. The van der Waals surface area contributed by atoms with Crippen LogP contribution in [0.2, 0.25) is 0 Å². The van der Waals surface area contributed by atoms with Crippen LogP contribution in [0.3, 0.4) is 0 Å². The standard InChI is InChI=1S/Ca.Mg.2H2O.O/h;;2*1H2;/q2*+2;;;-2/p-2. The van der Waals surface area contributed by atoms with E-state index in [1.165, 1.54) is 0 Å². The molecule has 0 aromatic heterocycles. The van der Waals surface area contributed by atoms with E-state index in [2.05, 4.69) is 0 Å². The molecule has 24 valence electrons. The first kappa shape index (κ1) is 66.3. The van der Waals surface area contributed by atoms with Crippen molar-refractivity contribution in [3.05, 3.63) is 0 Å². The molecule has 0 aliphatic heterocycles. The first-order chi connectivity index (χ1) is 0. The molecule has 0 amide bonds. The Kier molecular flexibility index (Phi) is 519. The zero-order chi connectivity index (χ0) is 0. The van der Waals surface area contributed by atoms with Gasteiger partial charge in [-0.15, -0.1) is 0 Å². The van der Waals surface area contributed by atoms with Crippen molar-refractivity contribution in [1.82, 2.24) is 0 Å². The van der Waals surface area contributed by atoms with Gasteiger partial charge < -0.3 is 16.4 Å². The fourth-order valence-electron chi connectivity index (χ4n) is 0. The van der Waals surface area contributed by atoms with Gasteiger partial charge in [0.2, 0.25) is 0 Å². The Labute approximate surface area is 76.2 Å². The van der Waals surface area contributed by atoms with E-state index < -0.39 is 0 Å². The molecule has 0 aliphatic rings. The van der Waals surface area contributed by atoms with Crippen molar-refractivity contribution in [2.45, 2.75) is 0 Å². The van der Waals surface area contributed by atoms with Gasteiger partial charge in [-0.3, -0.25) is 0 Å². The molecule has 0 saturated carbocycles. The summed E-state index contributed by atoms with van der Waals surface area (Å²) in [7, 11) is 0. The maximum absolute atomic E-state index is 0. The molecular formula is H2CaMgO3. The average Bonchev–Trinajstić information content (AvgIpc) is 0. The molecule has 0 fully saturated rings. The normalized spacial score (nSPS) is 0. The van der Waals surface area contributed by atoms with Crippen LogP contribution in [0.5, 0.6) is 0 Å². The van der Waals surface area contributed by atoms with Gasteiger partial charge in [0.15, 0.2) is 0 Å². The Morgan fingerprint density at radius 2 is 0.800 bits per heavy atom. The van der Waals surface area contributed by atoms with E-state index in [-0.39, 0.29) is 77.2 Å². The third kappa shape index (κ3) is 24.8. The maximum atomic E-state index is 0. The second-order valence-electron chi connectivity index (χ2n) is 0. The molecule has 5 heteroatoms. The molecule has 5 heavy (non-hydrogen) atoms. The van der Waals surface area contributed by atoms with E-state index in [1.807, 2.05) is 0 Å². The fourth-order valence-corrected chi connectivity index (χ4v) is 0. The van der Waals surface area contributed by atoms with Crippen LogP contribution in [0.15, 0.2) is 0 Å². The predicted molar refractivity (Wildman–Crippen MR) is 16.1 cm³/mol. The summed E-state index contributed by atoms with van der Waals surface area (Å²) in [5.41, 5.74) is 0. The molecule has 0 rings (SSSR count). The summed E-state index contributed by atoms with van der Waals surface area (Å²) >= 11 is 0. The van der Waals surface area contributed by atoms with Gasteiger partial charge in [0.05, 0.1) is 0 Å². The second kappa shape index (κ2) is 39.1. The summed E-state index contributed by atoms with van der Waals surface area (Å²) in [5.74, 6) is 0. The third-order valence-electron chi connectivity index (χ3n) is 0. The topological polar surface area (TPSA) is 88.5 Å². The zero-order valence-electron chi connectivity index (χ0n) is 2.72. The van der Waals surface area contributed by atoms with Crippen LogP contribution >= 0.6 is 0 Å². The number of hydrogen-bond donors (Lipinski definition) is 0. The van der Waals surface area contributed by atoms with Crippen LogP contribution in [0.1, 0.15) is 0 Å². The van der Waals surface area contributed by atoms with Crippen molar-refractivity contribution < 1.29 is 16.4 Å². The minimum absolute atomic E-state index is 0. The van der Waals surface area contributed by atoms with Crippen molar-refractivity contribution >= 4 is 60.8 Å². The molecule has 0 radical (unpaired) electrons. The maximum Gasteiger partial charge on any atom is 2.00 e. The summed E-state index contributed by atoms with van der Waals surface area (Å²) in [6.45, 7) is 0. The second-order valence-corrected chi connectivity index (χ2v) is 0. The smallest absolute Gasteiger partial charge is 2.00 e. The van der Waals surface area contributed by atoms with Gasteiger partial charge in [-0.25, -0.2) is 0 Å². The van der Waals surface area contributed by atoms with Gasteiger partial charge in [0.1, 0.15) is 0 Å². The summed E-state index contributed by atoms with van der Waals surface area (Å²) in [6, 6.07) is 0. The molecule has 0 atom stereocenters. The molecule has 0 saturated heterocycles. The van der Waals surface area contributed by atoms with Crippen molar-refractivity contribution in [1.29, 1.82) is 0 Å². The van der Waals surface area contributed by atoms with Crippen LogP contribution in [-0.2, 0) is 5.48 Å². The number of hydrogen-bond acceptors (Lipinski definition) is 2. The van der Waals surface area contributed by atoms with Crippen molar-refractivity contribution in [3.63, 3.8) is 0 Å². The molecule has 0 unspecified atom stereocenters. The monoisotopic (exact) mass is 114 g/mol. The average molecular weight is 114 g/mol. The van der Waals surface area contributed by atoms with Crippen molar-refractivity contribution in [3.8, 4) is 0 Å². The van der Waals surface area contributed by atoms with E-state index in [1.54, 1.807) is 0 Å². The summed E-state index contributed by atoms with van der Waals surface area (Å²) in [4.78, 5) is 0. The molecule has 0 bridgehead atoms. The van der Waals surface area contributed by atoms with Gasteiger partial charge in [0.25, 0.3) is 0 Å². The van der Waals surface area contributed by atoms with Crippen LogP contribution < -0.4 is 0 Å². The van der Waals surface area contributed by atoms with Gasteiger partial charge in [-0.2, -0.15) is 0 Å². The van der Waals surface area contributed by atoms with Crippen molar-refractivity contribution in [2.75, 3.05) is 0 Å². The summed E-state index contributed by atoms with van der Waals surface area (Å²) in [5, 5.41) is 0. The number of rotatable bonds is 0. The first-order valence-electron chi connectivity index (χ1n) is 0. The fraction of sp³-hybridized carbons (Fsp3) is 0. The molecule has 3 nitrogen and oxygen atoms in total. The zero-order valence-corrected chi connectivity index (χ0v) is 6.34. The van der Waals surface area contributed by atoms with E-state index in [4.69, 9.17) is 0 Å². The van der Waals surface area contributed by atoms with E-state index >= 15 is 0 Å². The Bertz CT molecular complexity index is 6.85. The summed E-state index contributed by atoms with van der Waals surface area (Å²) < 4.78 is 0. The Morgan fingerprint density at radius 3 is 0.800 bits per heavy atom. The largest absolute Gasteiger partial charge is 2.00 e. The van der Waals surface area contributed by atoms with E-state index in [9.17, 15) is 0 Å². The van der Waals surface area contributed by atoms with E-state index in [0.29, 0.717) is 0 Å². The van der Waals surface area contributed by atoms with E-state index in [0.717, 1.165) is 0 Å². The van der Waals surface area contributed by atoms with Crippen molar-refractivity contribution in [2.24, 2.45) is 0 Å². The van der Waals surface area contributed by atoms with Gasteiger partial charge in [-0.05, 0) is 0 Å². The van der Waals surface area contributed by atoms with Crippen LogP contribution in [-0.4, -0.2) is 71.7 Å². The Morgan fingerprint density at radius 1 is 0.800 bits per heavy atom. The SMILES string of the molecule is [Ca+2].[Mg+2].[O-2].[OH-].[OH-]. The van der Waals surface area contributed by atoms with Crippen LogP contribution in [0.25, 0.3) is 0 Å². The molecule has 0 heterocycles. The van der Waals surface area contributed by atoms with Crippen LogP contribution in [0.4, 0.5) is 0 Å². The quantitative estimate of drug-likeness (QED) is 0.369. The van der Waals surface area contributed by atoms with Gasteiger partial charge in [0, 0.05) is 0 Å². The minimum Gasteiger partial charge on any atom is -2.00 e. The summed E-state index contributed by atoms with van der Waals surface area (Å²) in [6.07, 6.45) is 0. The molecule has 0 aliphatic carbocycles.